The molecule has 0 radical (unpaired) electrons. The summed E-state index contributed by atoms with van der Waals surface area (Å²) < 4.78 is 6.38. The lowest BCUT2D eigenvalue weighted by Gasteiger charge is -2.46. The summed E-state index contributed by atoms with van der Waals surface area (Å²) >= 11 is 0. The number of amides is 1. The lowest BCUT2D eigenvalue weighted by Crippen LogP contribution is -2.50. The van der Waals surface area contributed by atoms with Gasteiger partial charge in [0.25, 0.3) is 5.91 Å². The maximum Gasteiger partial charge on any atom is 0.264 e. The standard InChI is InChI=1S/C21H26N2O3/c1-4-13-11-22(2)18-10-21(19-9-14(13)15(18)12-26-19)16-7-5-6-8-17(16)23(25-3)20(21)24/h4-8,14-15,18-19H,9-12H2,1-3H3/b13-4-/t14-,15-,18+,19-,21+/m1/s1. The van der Waals surface area contributed by atoms with E-state index in [2.05, 4.69) is 31.0 Å². The number of benzene rings is 1. The molecule has 4 heterocycles. The van der Waals surface area contributed by atoms with Crippen molar-refractivity contribution in [3.05, 3.63) is 41.5 Å². The van der Waals surface area contributed by atoms with Gasteiger partial charge in [0.15, 0.2) is 0 Å². The van der Waals surface area contributed by atoms with Crippen LogP contribution in [0.5, 0.6) is 0 Å². The Hall–Kier alpha value is -1.69. The van der Waals surface area contributed by atoms with Crippen molar-refractivity contribution < 1.29 is 14.4 Å². The second-order valence-electron chi connectivity index (χ2n) is 8.15. The van der Waals surface area contributed by atoms with Crippen LogP contribution >= 0.6 is 0 Å². The summed E-state index contributed by atoms with van der Waals surface area (Å²) in [6.07, 6.45) is 3.91. The van der Waals surface area contributed by atoms with E-state index in [1.165, 1.54) is 10.6 Å². The van der Waals surface area contributed by atoms with Crippen LogP contribution < -0.4 is 5.06 Å². The average molecular weight is 354 g/mol. The molecule has 1 aliphatic carbocycles. The van der Waals surface area contributed by atoms with Gasteiger partial charge in [0.05, 0.1) is 25.5 Å². The number of likely N-dealkylation sites (N-methyl/N-ethyl adjacent to an activating group) is 1. The van der Waals surface area contributed by atoms with E-state index in [-0.39, 0.29) is 12.0 Å². The third kappa shape index (κ3) is 1.89. The van der Waals surface area contributed by atoms with Crippen molar-refractivity contribution in [2.45, 2.75) is 37.3 Å². The maximum absolute atomic E-state index is 13.6. The normalized spacial score (nSPS) is 40.3. The topological polar surface area (TPSA) is 42.0 Å². The number of para-hydroxylation sites is 1. The molecule has 5 atom stereocenters. The quantitative estimate of drug-likeness (QED) is 0.727. The Morgan fingerprint density at radius 2 is 2.15 bits per heavy atom. The van der Waals surface area contributed by atoms with Crippen LogP contribution in [0.25, 0.3) is 0 Å². The third-order valence-electron chi connectivity index (χ3n) is 7.25. The van der Waals surface area contributed by atoms with Crippen LogP contribution in [0.2, 0.25) is 0 Å². The molecule has 4 aliphatic heterocycles. The third-order valence-corrected chi connectivity index (χ3v) is 7.25. The number of allylic oxidation sites excluding steroid dienone is 1. The Labute approximate surface area is 154 Å². The van der Waals surface area contributed by atoms with E-state index < -0.39 is 5.41 Å². The summed E-state index contributed by atoms with van der Waals surface area (Å²) in [4.78, 5) is 21.6. The molecule has 5 nitrogen and oxygen atoms in total. The molecule has 26 heavy (non-hydrogen) atoms. The number of hydrogen-bond donors (Lipinski definition) is 0. The molecule has 0 aromatic heterocycles. The molecule has 6 rings (SSSR count). The fourth-order valence-electron chi connectivity index (χ4n) is 6.01. The number of hydrogen-bond acceptors (Lipinski definition) is 4. The lowest BCUT2D eigenvalue weighted by molar-refractivity contribution is -0.137. The maximum atomic E-state index is 13.6. The Bertz CT molecular complexity index is 791. The Morgan fingerprint density at radius 3 is 2.92 bits per heavy atom. The Balaban J connectivity index is 1.70. The number of hydroxylamine groups is 1. The van der Waals surface area contributed by atoms with Crippen molar-refractivity contribution in [3.63, 3.8) is 0 Å². The highest BCUT2D eigenvalue weighted by molar-refractivity contribution is 6.07. The van der Waals surface area contributed by atoms with Crippen LogP contribution in [-0.2, 0) is 19.8 Å². The molecular formula is C21H26N2O3. The number of fused-ring (bicyclic) bond motifs is 2. The molecular weight excluding hydrogens is 328 g/mol. The highest BCUT2D eigenvalue weighted by Crippen LogP contribution is 2.57. The average Bonchev–Trinajstić information content (AvgIpc) is 2.77. The molecule has 1 amide bonds. The van der Waals surface area contributed by atoms with Gasteiger partial charge in [0.2, 0.25) is 0 Å². The van der Waals surface area contributed by atoms with Crippen molar-refractivity contribution in [2.75, 3.05) is 32.4 Å². The van der Waals surface area contributed by atoms with Gasteiger partial charge < -0.3 is 4.74 Å². The number of ether oxygens (including phenoxy) is 1. The van der Waals surface area contributed by atoms with Crippen LogP contribution in [-0.4, -0.2) is 50.3 Å². The van der Waals surface area contributed by atoms with Crippen molar-refractivity contribution in [1.82, 2.24) is 4.90 Å². The second-order valence-corrected chi connectivity index (χ2v) is 8.15. The first-order chi connectivity index (χ1) is 12.6. The summed E-state index contributed by atoms with van der Waals surface area (Å²) in [6.45, 7) is 3.88. The first-order valence-electron chi connectivity index (χ1n) is 9.57. The molecule has 1 spiro atoms. The van der Waals surface area contributed by atoms with E-state index in [1.54, 1.807) is 7.11 Å². The van der Waals surface area contributed by atoms with Crippen LogP contribution in [0.3, 0.4) is 0 Å². The van der Waals surface area contributed by atoms with E-state index in [9.17, 15) is 4.79 Å². The van der Waals surface area contributed by atoms with Gasteiger partial charge >= 0.3 is 0 Å². The summed E-state index contributed by atoms with van der Waals surface area (Å²) in [5.41, 5.74) is 2.80. The van der Waals surface area contributed by atoms with E-state index >= 15 is 0 Å². The zero-order valence-corrected chi connectivity index (χ0v) is 15.6. The van der Waals surface area contributed by atoms with E-state index in [0.717, 1.165) is 37.2 Å². The lowest BCUT2D eigenvalue weighted by atomic mass is 9.72. The molecule has 5 aliphatic rings. The first kappa shape index (κ1) is 16.5. The molecule has 4 fully saturated rings. The smallest absolute Gasteiger partial charge is 0.264 e. The molecule has 138 valence electrons. The highest BCUT2D eigenvalue weighted by Gasteiger charge is 2.63. The number of likely N-dealkylation sites (tertiary alicyclic amines) is 1. The van der Waals surface area contributed by atoms with Crippen molar-refractivity contribution in [2.24, 2.45) is 11.8 Å². The molecule has 1 aromatic carbocycles. The van der Waals surface area contributed by atoms with E-state index in [0.29, 0.717) is 17.9 Å². The summed E-state index contributed by atoms with van der Waals surface area (Å²) in [5, 5.41) is 1.48. The molecule has 3 saturated heterocycles. The van der Waals surface area contributed by atoms with Crippen LogP contribution in [0.15, 0.2) is 35.9 Å². The zero-order valence-electron chi connectivity index (χ0n) is 15.6. The van der Waals surface area contributed by atoms with E-state index in [4.69, 9.17) is 9.57 Å². The van der Waals surface area contributed by atoms with Gasteiger partial charge in [-0.1, -0.05) is 29.8 Å². The number of rotatable bonds is 1. The number of piperidine rings is 1. The molecule has 0 N–H and O–H groups in total. The minimum absolute atomic E-state index is 0.0369. The van der Waals surface area contributed by atoms with Gasteiger partial charge in [0.1, 0.15) is 5.41 Å². The van der Waals surface area contributed by atoms with Gasteiger partial charge in [-0.25, -0.2) is 0 Å². The minimum Gasteiger partial charge on any atom is -0.376 e. The summed E-state index contributed by atoms with van der Waals surface area (Å²) in [5.74, 6) is 1.03. The van der Waals surface area contributed by atoms with Crippen LogP contribution in [0.1, 0.15) is 25.3 Å². The number of carbonyl (C=O) groups is 1. The van der Waals surface area contributed by atoms with Gasteiger partial charge in [-0.2, -0.15) is 5.06 Å². The SMILES string of the molecule is C/C=C1/CN(C)[C@H]2C[C@@]3(C(=O)N(OC)c4ccccc43)[C@H]3C[C@H]1[C@H]2CO3. The molecule has 1 aromatic rings. The van der Waals surface area contributed by atoms with Crippen molar-refractivity contribution >= 4 is 11.6 Å². The first-order valence-corrected chi connectivity index (χ1v) is 9.57. The van der Waals surface area contributed by atoms with E-state index in [1.807, 2.05) is 18.2 Å². The largest absolute Gasteiger partial charge is 0.376 e. The summed E-state index contributed by atoms with van der Waals surface area (Å²) in [6, 6.07) is 8.42. The van der Waals surface area contributed by atoms with Crippen molar-refractivity contribution in [3.8, 4) is 0 Å². The Morgan fingerprint density at radius 1 is 1.35 bits per heavy atom. The monoisotopic (exact) mass is 354 g/mol. The molecule has 5 heteroatoms. The van der Waals surface area contributed by atoms with Crippen LogP contribution in [0.4, 0.5) is 5.69 Å². The minimum atomic E-state index is -0.641. The second kappa shape index (κ2) is 5.65. The molecule has 1 saturated carbocycles. The fraction of sp³-hybridized carbons (Fsp3) is 0.571. The molecule has 0 unspecified atom stereocenters. The van der Waals surface area contributed by atoms with Gasteiger partial charge in [-0.15, -0.1) is 0 Å². The predicted octanol–water partition coefficient (Wildman–Crippen LogP) is 2.52. The van der Waals surface area contributed by atoms with Crippen LogP contribution in [0, 0.1) is 11.8 Å². The summed E-state index contributed by atoms with van der Waals surface area (Å²) in [7, 11) is 3.77. The number of anilines is 1. The Kier molecular flexibility index (Phi) is 3.58. The zero-order chi connectivity index (χ0) is 18.1. The fourth-order valence-corrected chi connectivity index (χ4v) is 6.01. The highest BCUT2D eigenvalue weighted by atomic mass is 16.7. The number of nitrogens with zero attached hydrogens (tertiary/aromatic N) is 2. The van der Waals surface area contributed by atoms with Gasteiger partial charge in [0, 0.05) is 18.5 Å². The predicted molar refractivity (Wildman–Crippen MR) is 98.7 cm³/mol. The van der Waals surface area contributed by atoms with Gasteiger partial charge in [-0.3, -0.25) is 14.5 Å². The number of carbonyl (C=O) groups excluding carboxylic acids is 1. The molecule has 4 bridgehead atoms. The van der Waals surface area contributed by atoms with Crippen molar-refractivity contribution in [1.29, 1.82) is 0 Å². The van der Waals surface area contributed by atoms with Gasteiger partial charge in [-0.05, 0) is 44.4 Å².